The molecular formula is C19H15ClFN3O3. The summed E-state index contributed by atoms with van der Waals surface area (Å²) in [6.07, 6.45) is 0.214. The SMILES string of the molecule is CN1C(=O)c2ccccc2N2C(=O)CC[C@@]12C(=O)Nc1ccc(Cl)cc1F. The maximum absolute atomic E-state index is 14.1. The number of benzene rings is 2. The van der Waals surface area contributed by atoms with Crippen LogP contribution >= 0.6 is 11.6 Å². The van der Waals surface area contributed by atoms with Gasteiger partial charge in [-0.25, -0.2) is 4.39 Å². The molecule has 2 aliphatic heterocycles. The van der Waals surface area contributed by atoms with E-state index < -0.39 is 17.4 Å². The molecule has 6 nitrogen and oxygen atoms in total. The summed E-state index contributed by atoms with van der Waals surface area (Å²) in [6.45, 7) is 0. The number of carbonyl (C=O) groups is 3. The Bertz CT molecular complexity index is 996. The third kappa shape index (κ3) is 2.42. The van der Waals surface area contributed by atoms with Gasteiger partial charge in [0.2, 0.25) is 11.6 Å². The summed E-state index contributed by atoms with van der Waals surface area (Å²) in [5.74, 6) is -2.00. The van der Waals surface area contributed by atoms with Gasteiger partial charge in [0.15, 0.2) is 0 Å². The van der Waals surface area contributed by atoms with E-state index in [1.54, 1.807) is 24.3 Å². The molecule has 1 saturated heterocycles. The predicted octanol–water partition coefficient (Wildman–Crippen LogP) is 3.03. The summed E-state index contributed by atoms with van der Waals surface area (Å²) in [7, 11) is 1.47. The molecule has 0 unspecified atom stereocenters. The molecule has 0 aromatic heterocycles. The van der Waals surface area contributed by atoms with Gasteiger partial charge in [-0.2, -0.15) is 0 Å². The Hall–Kier alpha value is -2.93. The fourth-order valence-corrected chi connectivity index (χ4v) is 3.90. The Kier molecular flexibility index (Phi) is 3.92. The van der Waals surface area contributed by atoms with E-state index in [4.69, 9.17) is 11.6 Å². The highest BCUT2D eigenvalue weighted by atomic mass is 35.5. The lowest BCUT2D eigenvalue weighted by Gasteiger charge is -2.47. The lowest BCUT2D eigenvalue weighted by atomic mass is 9.96. The fourth-order valence-electron chi connectivity index (χ4n) is 3.74. The smallest absolute Gasteiger partial charge is 0.271 e. The van der Waals surface area contributed by atoms with Crippen molar-refractivity contribution >= 4 is 40.7 Å². The van der Waals surface area contributed by atoms with Crippen molar-refractivity contribution < 1.29 is 18.8 Å². The zero-order chi connectivity index (χ0) is 19.3. The second-order valence-electron chi connectivity index (χ2n) is 6.51. The number of halogens is 2. The van der Waals surface area contributed by atoms with E-state index in [0.29, 0.717) is 11.3 Å². The lowest BCUT2D eigenvalue weighted by Crippen LogP contribution is -2.68. The zero-order valence-corrected chi connectivity index (χ0v) is 15.1. The van der Waals surface area contributed by atoms with E-state index in [9.17, 15) is 18.8 Å². The van der Waals surface area contributed by atoms with Gasteiger partial charge in [-0.3, -0.25) is 19.3 Å². The van der Waals surface area contributed by atoms with Crippen LogP contribution in [0.2, 0.25) is 5.02 Å². The molecule has 0 saturated carbocycles. The Morgan fingerprint density at radius 1 is 1.22 bits per heavy atom. The average Bonchev–Trinajstić information content (AvgIpc) is 3.01. The fraction of sp³-hybridized carbons (Fsp3) is 0.211. The second kappa shape index (κ2) is 6.06. The molecule has 1 atom stereocenters. The number of hydrogen-bond donors (Lipinski definition) is 1. The largest absolute Gasteiger partial charge is 0.320 e. The number of hydrogen-bond acceptors (Lipinski definition) is 3. The minimum Gasteiger partial charge on any atom is -0.320 e. The molecule has 2 aromatic carbocycles. The molecular weight excluding hydrogens is 373 g/mol. The second-order valence-corrected chi connectivity index (χ2v) is 6.94. The van der Waals surface area contributed by atoms with Gasteiger partial charge >= 0.3 is 0 Å². The van der Waals surface area contributed by atoms with Crippen LogP contribution < -0.4 is 10.2 Å². The molecule has 0 radical (unpaired) electrons. The molecule has 0 spiro atoms. The molecule has 138 valence electrons. The molecule has 8 heteroatoms. The first-order valence-corrected chi connectivity index (χ1v) is 8.71. The van der Waals surface area contributed by atoms with Crippen LogP contribution in [-0.2, 0) is 9.59 Å². The van der Waals surface area contributed by atoms with Crippen molar-refractivity contribution in [2.24, 2.45) is 0 Å². The summed E-state index contributed by atoms with van der Waals surface area (Å²) in [5.41, 5.74) is -0.891. The van der Waals surface area contributed by atoms with Gasteiger partial charge in [0.1, 0.15) is 5.82 Å². The molecule has 3 amide bonds. The van der Waals surface area contributed by atoms with E-state index in [1.165, 1.54) is 29.0 Å². The van der Waals surface area contributed by atoms with Crippen LogP contribution in [-0.4, -0.2) is 35.3 Å². The maximum Gasteiger partial charge on any atom is 0.271 e. The van der Waals surface area contributed by atoms with Crippen LogP contribution in [0, 0.1) is 5.82 Å². The number of carbonyl (C=O) groups excluding carboxylic acids is 3. The van der Waals surface area contributed by atoms with Gasteiger partial charge in [-0.1, -0.05) is 23.7 Å². The van der Waals surface area contributed by atoms with Gasteiger partial charge < -0.3 is 10.2 Å². The first-order valence-electron chi connectivity index (χ1n) is 8.33. The van der Waals surface area contributed by atoms with Crippen LogP contribution in [0.5, 0.6) is 0 Å². The van der Waals surface area contributed by atoms with Crippen molar-refractivity contribution in [3.05, 3.63) is 58.9 Å². The molecule has 2 heterocycles. The van der Waals surface area contributed by atoms with Gasteiger partial charge in [0.05, 0.1) is 16.9 Å². The minimum absolute atomic E-state index is 0.0715. The topological polar surface area (TPSA) is 69.7 Å². The number of amides is 3. The van der Waals surface area contributed by atoms with E-state index in [0.717, 1.165) is 6.07 Å². The normalized spacial score (nSPS) is 21.1. The molecule has 1 fully saturated rings. The summed E-state index contributed by atoms with van der Waals surface area (Å²) in [5, 5.41) is 2.71. The summed E-state index contributed by atoms with van der Waals surface area (Å²) in [6, 6.07) is 10.5. The highest BCUT2D eigenvalue weighted by Gasteiger charge is 2.59. The Morgan fingerprint density at radius 2 is 1.96 bits per heavy atom. The lowest BCUT2D eigenvalue weighted by molar-refractivity contribution is -0.128. The highest BCUT2D eigenvalue weighted by Crippen LogP contribution is 2.44. The Balaban J connectivity index is 1.81. The first kappa shape index (κ1) is 17.5. The van der Waals surface area contributed by atoms with E-state index in [2.05, 4.69) is 5.32 Å². The van der Waals surface area contributed by atoms with Crippen LogP contribution in [0.3, 0.4) is 0 Å². The number of nitrogens with zero attached hydrogens (tertiary/aromatic N) is 2. The van der Waals surface area contributed by atoms with Crippen molar-refractivity contribution in [1.82, 2.24) is 4.90 Å². The van der Waals surface area contributed by atoms with E-state index in [-0.39, 0.29) is 35.4 Å². The van der Waals surface area contributed by atoms with Crippen molar-refractivity contribution in [1.29, 1.82) is 0 Å². The summed E-state index contributed by atoms with van der Waals surface area (Å²) >= 11 is 5.75. The minimum atomic E-state index is -1.55. The first-order chi connectivity index (χ1) is 12.9. The van der Waals surface area contributed by atoms with Crippen LogP contribution in [0.1, 0.15) is 23.2 Å². The van der Waals surface area contributed by atoms with Crippen molar-refractivity contribution in [2.75, 3.05) is 17.3 Å². The predicted molar refractivity (Wildman–Crippen MR) is 98.0 cm³/mol. The van der Waals surface area contributed by atoms with E-state index >= 15 is 0 Å². The van der Waals surface area contributed by atoms with Gasteiger partial charge in [0, 0.05) is 24.9 Å². The summed E-state index contributed by atoms with van der Waals surface area (Å²) in [4.78, 5) is 41.3. The van der Waals surface area contributed by atoms with Crippen molar-refractivity contribution in [3.63, 3.8) is 0 Å². The number of likely N-dealkylation sites (N-methyl/N-ethyl adjacent to an activating group) is 1. The third-order valence-corrected chi connectivity index (χ3v) is 5.32. The average molecular weight is 388 g/mol. The quantitative estimate of drug-likeness (QED) is 0.861. The van der Waals surface area contributed by atoms with E-state index in [1.807, 2.05) is 0 Å². The molecule has 2 aromatic rings. The number of rotatable bonds is 2. The van der Waals surface area contributed by atoms with Crippen LogP contribution in [0.15, 0.2) is 42.5 Å². The Labute approximate surface area is 159 Å². The number of para-hydroxylation sites is 1. The number of nitrogens with one attached hydrogen (secondary N) is 1. The van der Waals surface area contributed by atoms with Gasteiger partial charge in [0.25, 0.3) is 11.8 Å². The number of fused-ring (bicyclic) bond motifs is 3. The maximum atomic E-state index is 14.1. The van der Waals surface area contributed by atoms with Crippen LogP contribution in [0.4, 0.5) is 15.8 Å². The van der Waals surface area contributed by atoms with Gasteiger partial charge in [-0.15, -0.1) is 0 Å². The molecule has 1 N–H and O–H groups in total. The molecule has 0 bridgehead atoms. The standard InChI is InChI=1S/C19H15ClFN3O3/c1-23-17(26)12-4-2-3-5-15(12)24-16(25)8-9-19(23,24)18(27)22-14-7-6-11(20)10-13(14)21/h2-7,10H,8-9H2,1H3,(H,22,27)/t19-/m1/s1. The van der Waals surface area contributed by atoms with Crippen LogP contribution in [0.25, 0.3) is 0 Å². The Morgan fingerprint density at radius 3 is 2.70 bits per heavy atom. The zero-order valence-electron chi connectivity index (χ0n) is 14.3. The van der Waals surface area contributed by atoms with Gasteiger partial charge in [-0.05, 0) is 30.3 Å². The highest BCUT2D eigenvalue weighted by molar-refractivity contribution is 6.30. The van der Waals surface area contributed by atoms with Crippen molar-refractivity contribution in [2.45, 2.75) is 18.5 Å². The molecule has 27 heavy (non-hydrogen) atoms. The third-order valence-electron chi connectivity index (χ3n) is 5.08. The monoisotopic (exact) mass is 387 g/mol. The molecule has 2 aliphatic rings. The molecule has 0 aliphatic carbocycles. The summed E-state index contributed by atoms with van der Waals surface area (Å²) < 4.78 is 14.1. The van der Waals surface area contributed by atoms with Crippen molar-refractivity contribution in [3.8, 4) is 0 Å². The number of anilines is 2. The molecule has 4 rings (SSSR count).